The lowest BCUT2D eigenvalue weighted by Gasteiger charge is -2.23. The fourth-order valence-corrected chi connectivity index (χ4v) is 2.85. The minimum Gasteiger partial charge on any atom is -0.447 e. The number of halogens is 4. The molecule has 2 nitrogen and oxygen atoms in total. The van der Waals surface area contributed by atoms with Crippen LogP contribution in [0.4, 0.5) is 13.2 Å². The predicted molar refractivity (Wildman–Crippen MR) is 87.1 cm³/mol. The van der Waals surface area contributed by atoms with Crippen LogP contribution in [0.1, 0.15) is 11.7 Å². The van der Waals surface area contributed by atoms with E-state index in [0.29, 0.717) is 21.5 Å². The molecule has 0 bridgehead atoms. The molecule has 1 atom stereocenters. The molecule has 3 aromatic rings. The molecule has 6 heteroatoms. The number of benzene rings is 3. The Bertz CT molecular complexity index is 852. The SMILES string of the molecule is O=C(CCl)OC(c1c2ccccc2cc2ccccc12)C(F)(F)F. The number of ether oxygens (including phenoxy) is 1. The topological polar surface area (TPSA) is 26.3 Å². The molecule has 0 amide bonds. The Morgan fingerprint density at radius 3 is 1.96 bits per heavy atom. The highest BCUT2D eigenvalue weighted by Gasteiger charge is 2.45. The zero-order chi connectivity index (χ0) is 17.3. The highest BCUT2D eigenvalue weighted by Crippen LogP contribution is 2.42. The molecule has 0 saturated heterocycles. The number of alkyl halides is 4. The summed E-state index contributed by atoms with van der Waals surface area (Å²) < 4.78 is 45.6. The monoisotopic (exact) mass is 352 g/mol. The van der Waals surface area contributed by atoms with Crippen LogP contribution in [0, 0.1) is 0 Å². The van der Waals surface area contributed by atoms with Gasteiger partial charge in [-0.2, -0.15) is 13.2 Å². The fourth-order valence-electron chi connectivity index (χ4n) is 2.78. The quantitative estimate of drug-likeness (QED) is 0.359. The van der Waals surface area contributed by atoms with Crippen LogP contribution in [0.25, 0.3) is 21.5 Å². The fraction of sp³-hybridized carbons (Fsp3) is 0.167. The van der Waals surface area contributed by atoms with E-state index >= 15 is 0 Å². The molecule has 24 heavy (non-hydrogen) atoms. The van der Waals surface area contributed by atoms with Crippen molar-refractivity contribution in [2.75, 3.05) is 5.88 Å². The van der Waals surface area contributed by atoms with Crippen molar-refractivity contribution in [1.82, 2.24) is 0 Å². The second-order valence-corrected chi connectivity index (χ2v) is 5.54. The first-order valence-corrected chi connectivity index (χ1v) is 7.68. The van der Waals surface area contributed by atoms with E-state index in [1.165, 1.54) is 0 Å². The van der Waals surface area contributed by atoms with Gasteiger partial charge in [0.1, 0.15) is 5.88 Å². The van der Waals surface area contributed by atoms with Crippen molar-refractivity contribution in [2.45, 2.75) is 12.3 Å². The van der Waals surface area contributed by atoms with Crippen LogP contribution in [0.15, 0.2) is 54.6 Å². The van der Waals surface area contributed by atoms with E-state index < -0.39 is 24.1 Å². The zero-order valence-electron chi connectivity index (χ0n) is 12.3. The maximum atomic E-state index is 13.6. The molecule has 124 valence electrons. The van der Waals surface area contributed by atoms with Crippen molar-refractivity contribution in [1.29, 1.82) is 0 Å². The number of carbonyl (C=O) groups is 1. The third kappa shape index (κ3) is 3.04. The Morgan fingerprint density at radius 1 is 1.00 bits per heavy atom. The summed E-state index contributed by atoms with van der Waals surface area (Å²) in [5, 5.41) is 2.06. The first-order chi connectivity index (χ1) is 11.4. The van der Waals surface area contributed by atoms with Crippen LogP contribution < -0.4 is 0 Å². The van der Waals surface area contributed by atoms with Crippen LogP contribution in [-0.2, 0) is 9.53 Å². The van der Waals surface area contributed by atoms with E-state index in [9.17, 15) is 18.0 Å². The summed E-state index contributed by atoms with van der Waals surface area (Å²) in [5.41, 5.74) is -0.0744. The zero-order valence-corrected chi connectivity index (χ0v) is 13.1. The molecule has 0 radical (unpaired) electrons. The van der Waals surface area contributed by atoms with Gasteiger partial charge in [0.25, 0.3) is 0 Å². The van der Waals surface area contributed by atoms with E-state index in [-0.39, 0.29) is 5.56 Å². The number of esters is 1. The standard InChI is InChI=1S/C18H12ClF3O2/c19-10-15(23)24-17(18(20,21)22)16-13-7-3-1-5-11(13)9-12-6-2-4-8-14(12)16/h1-9,17H,10H2. The summed E-state index contributed by atoms with van der Waals surface area (Å²) >= 11 is 5.33. The van der Waals surface area contributed by atoms with Crippen molar-refractivity contribution >= 4 is 39.1 Å². The lowest BCUT2D eigenvalue weighted by Crippen LogP contribution is -2.27. The average molecular weight is 353 g/mol. The average Bonchev–Trinajstić information content (AvgIpc) is 2.56. The van der Waals surface area contributed by atoms with Gasteiger partial charge in [-0.15, -0.1) is 11.6 Å². The molecule has 0 heterocycles. The van der Waals surface area contributed by atoms with Gasteiger partial charge in [0, 0.05) is 5.56 Å². The molecule has 0 aromatic heterocycles. The van der Waals surface area contributed by atoms with Crippen molar-refractivity contribution in [3.05, 3.63) is 60.2 Å². The second kappa shape index (κ2) is 6.32. The third-order valence-corrected chi connectivity index (χ3v) is 3.95. The van der Waals surface area contributed by atoms with Crippen LogP contribution in [0.5, 0.6) is 0 Å². The lowest BCUT2D eigenvalue weighted by molar-refractivity contribution is -0.222. The van der Waals surface area contributed by atoms with E-state index in [0.717, 1.165) is 0 Å². The summed E-state index contributed by atoms with van der Waals surface area (Å²) in [7, 11) is 0. The Labute approximate surface area is 140 Å². The van der Waals surface area contributed by atoms with Crippen molar-refractivity contribution in [3.8, 4) is 0 Å². The smallest absolute Gasteiger partial charge is 0.429 e. The van der Waals surface area contributed by atoms with E-state index in [1.54, 1.807) is 48.5 Å². The van der Waals surface area contributed by atoms with Gasteiger partial charge in [0.2, 0.25) is 6.10 Å². The Balaban J connectivity index is 2.36. The van der Waals surface area contributed by atoms with Gasteiger partial charge >= 0.3 is 12.1 Å². The molecule has 3 aromatic carbocycles. The molecule has 0 spiro atoms. The van der Waals surface area contributed by atoms with Gasteiger partial charge in [-0.3, -0.25) is 4.79 Å². The predicted octanol–water partition coefficient (Wildman–Crippen LogP) is 5.38. The molecule has 0 saturated carbocycles. The van der Waals surface area contributed by atoms with E-state index in [2.05, 4.69) is 4.74 Å². The van der Waals surface area contributed by atoms with Gasteiger partial charge in [-0.25, -0.2) is 0 Å². The van der Waals surface area contributed by atoms with E-state index in [4.69, 9.17) is 11.6 Å². The Morgan fingerprint density at radius 2 is 1.50 bits per heavy atom. The first kappa shape index (κ1) is 16.6. The maximum Gasteiger partial charge on any atom is 0.429 e. The van der Waals surface area contributed by atoms with Crippen molar-refractivity contribution < 1.29 is 22.7 Å². The van der Waals surface area contributed by atoms with Crippen LogP contribution in [0.3, 0.4) is 0 Å². The van der Waals surface area contributed by atoms with Crippen molar-refractivity contribution in [3.63, 3.8) is 0 Å². The first-order valence-electron chi connectivity index (χ1n) is 7.14. The molecule has 0 aliphatic heterocycles. The number of fused-ring (bicyclic) bond motifs is 2. The van der Waals surface area contributed by atoms with Crippen LogP contribution in [-0.4, -0.2) is 18.0 Å². The number of rotatable bonds is 3. The minimum atomic E-state index is -4.76. The molecule has 0 fully saturated rings. The maximum absolute atomic E-state index is 13.6. The van der Waals surface area contributed by atoms with Gasteiger partial charge in [-0.05, 0) is 27.6 Å². The van der Waals surface area contributed by atoms with Gasteiger partial charge in [0.15, 0.2) is 0 Å². The van der Waals surface area contributed by atoms with Gasteiger partial charge in [-0.1, -0.05) is 48.5 Å². The van der Waals surface area contributed by atoms with Crippen LogP contribution in [0.2, 0.25) is 0 Å². The number of hydrogen-bond acceptors (Lipinski definition) is 2. The highest BCUT2D eigenvalue weighted by molar-refractivity contribution is 6.26. The Kier molecular flexibility index (Phi) is 4.37. The van der Waals surface area contributed by atoms with Crippen molar-refractivity contribution in [2.24, 2.45) is 0 Å². The highest BCUT2D eigenvalue weighted by atomic mass is 35.5. The molecule has 0 aliphatic rings. The minimum absolute atomic E-state index is 0.0744. The summed E-state index contributed by atoms with van der Waals surface area (Å²) in [5.74, 6) is -1.76. The largest absolute Gasteiger partial charge is 0.447 e. The molecule has 3 rings (SSSR count). The third-order valence-electron chi connectivity index (χ3n) is 3.73. The molecular weight excluding hydrogens is 341 g/mol. The Hall–Kier alpha value is -2.27. The summed E-state index contributed by atoms with van der Waals surface area (Å²) in [6, 6.07) is 15.2. The number of carbonyl (C=O) groups excluding carboxylic acids is 1. The lowest BCUT2D eigenvalue weighted by atomic mass is 9.93. The molecule has 0 aliphatic carbocycles. The van der Waals surface area contributed by atoms with Gasteiger partial charge in [0.05, 0.1) is 0 Å². The normalized spacial score (nSPS) is 13.2. The van der Waals surface area contributed by atoms with Crippen LogP contribution >= 0.6 is 11.6 Å². The molecule has 1 unspecified atom stereocenters. The summed E-state index contributed by atoms with van der Waals surface area (Å²) in [6.45, 7) is 0. The second-order valence-electron chi connectivity index (χ2n) is 5.28. The van der Waals surface area contributed by atoms with E-state index in [1.807, 2.05) is 6.07 Å². The summed E-state index contributed by atoms with van der Waals surface area (Å²) in [6.07, 6.45) is -7.13. The molecule has 0 N–H and O–H groups in total. The summed E-state index contributed by atoms with van der Waals surface area (Å²) in [4.78, 5) is 11.5. The molecular formula is C18H12ClF3O2. The van der Waals surface area contributed by atoms with Gasteiger partial charge < -0.3 is 4.74 Å². The number of hydrogen-bond donors (Lipinski definition) is 0.